The highest BCUT2D eigenvalue weighted by molar-refractivity contribution is 5.37. The van der Waals surface area contributed by atoms with Gasteiger partial charge in [0.1, 0.15) is 0 Å². The summed E-state index contributed by atoms with van der Waals surface area (Å²) in [4.78, 5) is 0. The number of allylic oxidation sites excluding steroid dienone is 1. The smallest absolute Gasteiger partial charge is 0.0821 e. The number of ether oxygens (including phenoxy) is 2. The first kappa shape index (κ1) is 20.3. The molecule has 0 spiro atoms. The van der Waals surface area contributed by atoms with E-state index in [2.05, 4.69) is 46.5 Å². The van der Waals surface area contributed by atoms with Crippen molar-refractivity contribution >= 4 is 0 Å². The zero-order valence-corrected chi connectivity index (χ0v) is 17.5. The first-order valence-electron chi connectivity index (χ1n) is 10.8. The molecule has 0 aromatic heterocycles. The minimum atomic E-state index is 0.158. The molecule has 0 amide bonds. The standard InChI is InChI=1S/C22H36N4O2/c1-23-22-19-11-14(16-9-17(27-2)12-18(10-16)28-3)6-7-20(19)25-21(26-22)15-5-4-8-24-13-15/h5-6,9,17-26H,4,7-8,10-13H2,1-3H3/t17-,18+,19+,20-,21?,22?/m0/s1. The van der Waals surface area contributed by atoms with Crippen LogP contribution in [0.2, 0.25) is 0 Å². The fourth-order valence-electron chi connectivity index (χ4n) is 5.22. The zero-order chi connectivity index (χ0) is 19.5. The number of hydrogen-bond acceptors (Lipinski definition) is 6. The molecule has 1 fully saturated rings. The Morgan fingerprint density at radius 1 is 1.07 bits per heavy atom. The second-order valence-corrected chi connectivity index (χ2v) is 8.48. The molecule has 0 bridgehead atoms. The molecule has 2 aliphatic heterocycles. The molecular formula is C22H36N4O2. The molecule has 2 unspecified atom stereocenters. The van der Waals surface area contributed by atoms with Crippen LogP contribution < -0.4 is 21.3 Å². The van der Waals surface area contributed by atoms with E-state index in [-0.39, 0.29) is 18.4 Å². The normalized spacial score (nSPS) is 38.9. The van der Waals surface area contributed by atoms with Gasteiger partial charge in [0.15, 0.2) is 0 Å². The largest absolute Gasteiger partial charge is 0.381 e. The Hall–Kier alpha value is -1.02. The van der Waals surface area contributed by atoms with Crippen LogP contribution in [0.4, 0.5) is 0 Å². The summed E-state index contributed by atoms with van der Waals surface area (Å²) in [5.41, 5.74) is 4.34. The van der Waals surface area contributed by atoms with E-state index >= 15 is 0 Å². The summed E-state index contributed by atoms with van der Waals surface area (Å²) in [5, 5.41) is 14.7. The van der Waals surface area contributed by atoms with Crippen molar-refractivity contribution in [2.45, 2.75) is 62.7 Å². The Bertz CT molecular complexity index is 644. The molecule has 6 atom stereocenters. The topological polar surface area (TPSA) is 66.6 Å². The molecule has 6 nitrogen and oxygen atoms in total. The molecule has 4 N–H and O–H groups in total. The van der Waals surface area contributed by atoms with Crippen LogP contribution in [0.3, 0.4) is 0 Å². The lowest BCUT2D eigenvalue weighted by Gasteiger charge is -2.47. The van der Waals surface area contributed by atoms with E-state index in [0.29, 0.717) is 18.1 Å². The van der Waals surface area contributed by atoms with Crippen LogP contribution in [0.15, 0.2) is 34.9 Å². The maximum Gasteiger partial charge on any atom is 0.0821 e. The Kier molecular flexibility index (Phi) is 6.66. The summed E-state index contributed by atoms with van der Waals surface area (Å²) in [6.07, 6.45) is 13.3. The lowest BCUT2D eigenvalue weighted by Crippen LogP contribution is -2.68. The van der Waals surface area contributed by atoms with Crippen molar-refractivity contribution in [1.82, 2.24) is 21.3 Å². The number of methoxy groups -OCH3 is 2. The van der Waals surface area contributed by atoms with Crippen molar-refractivity contribution in [3.63, 3.8) is 0 Å². The summed E-state index contributed by atoms with van der Waals surface area (Å²) in [6, 6.07) is 0.496. The molecule has 28 heavy (non-hydrogen) atoms. The van der Waals surface area contributed by atoms with E-state index in [4.69, 9.17) is 9.47 Å². The van der Waals surface area contributed by atoms with Crippen molar-refractivity contribution in [3.8, 4) is 0 Å². The molecule has 0 radical (unpaired) electrons. The minimum absolute atomic E-state index is 0.158. The van der Waals surface area contributed by atoms with Gasteiger partial charge in [0, 0.05) is 39.1 Å². The van der Waals surface area contributed by atoms with Gasteiger partial charge in [-0.25, -0.2) is 0 Å². The summed E-state index contributed by atoms with van der Waals surface area (Å²) >= 11 is 0. The maximum atomic E-state index is 5.68. The maximum absolute atomic E-state index is 5.68. The quantitative estimate of drug-likeness (QED) is 0.535. The van der Waals surface area contributed by atoms with Crippen LogP contribution in [0.25, 0.3) is 0 Å². The van der Waals surface area contributed by atoms with Crippen molar-refractivity contribution in [1.29, 1.82) is 0 Å². The number of nitrogens with one attached hydrogen (secondary N) is 4. The van der Waals surface area contributed by atoms with Gasteiger partial charge in [0.2, 0.25) is 0 Å². The van der Waals surface area contributed by atoms with E-state index < -0.39 is 0 Å². The van der Waals surface area contributed by atoms with Crippen LogP contribution >= 0.6 is 0 Å². The van der Waals surface area contributed by atoms with Crippen molar-refractivity contribution < 1.29 is 9.47 Å². The highest BCUT2D eigenvalue weighted by atomic mass is 16.5. The van der Waals surface area contributed by atoms with Gasteiger partial charge in [0.05, 0.1) is 24.5 Å². The molecule has 0 saturated carbocycles. The third-order valence-corrected chi connectivity index (χ3v) is 6.86. The molecule has 4 rings (SSSR count). The summed E-state index contributed by atoms with van der Waals surface area (Å²) in [5.74, 6) is 0.531. The van der Waals surface area contributed by atoms with E-state index in [9.17, 15) is 0 Å². The second kappa shape index (κ2) is 9.20. The van der Waals surface area contributed by atoms with E-state index in [1.807, 2.05) is 7.11 Å². The number of fused-ring (bicyclic) bond motifs is 1. The molecule has 0 aromatic rings. The molecule has 1 saturated heterocycles. The molecule has 4 aliphatic rings. The average Bonchev–Trinajstić information content (AvgIpc) is 2.78. The number of rotatable bonds is 5. The monoisotopic (exact) mass is 388 g/mol. The summed E-state index contributed by atoms with van der Waals surface area (Å²) < 4.78 is 11.3. The Morgan fingerprint density at radius 2 is 1.96 bits per heavy atom. The highest BCUT2D eigenvalue weighted by Crippen LogP contribution is 2.37. The molecule has 156 valence electrons. The summed E-state index contributed by atoms with van der Waals surface area (Å²) in [6.45, 7) is 2.06. The molecule has 0 aromatic carbocycles. The third kappa shape index (κ3) is 4.27. The SMILES string of the molecule is CNC1NC(C2=CCCNC2)N[C@H]2CC=C(C3=C[C@H](OC)C[C@H](OC)C3)C[C@@H]12. The molecule has 2 aliphatic carbocycles. The zero-order valence-electron chi connectivity index (χ0n) is 17.5. The molecule has 6 heteroatoms. The van der Waals surface area contributed by atoms with Crippen molar-refractivity contribution in [2.24, 2.45) is 5.92 Å². The van der Waals surface area contributed by atoms with E-state index in [1.165, 1.54) is 16.7 Å². The van der Waals surface area contributed by atoms with Gasteiger partial charge in [-0.05, 0) is 56.0 Å². The van der Waals surface area contributed by atoms with Crippen LogP contribution in [0.5, 0.6) is 0 Å². The van der Waals surface area contributed by atoms with Crippen molar-refractivity contribution in [2.75, 3.05) is 34.4 Å². The highest BCUT2D eigenvalue weighted by Gasteiger charge is 2.40. The molecule has 2 heterocycles. The van der Waals surface area contributed by atoms with Crippen molar-refractivity contribution in [3.05, 3.63) is 34.9 Å². The van der Waals surface area contributed by atoms with Crippen LogP contribution in [0, 0.1) is 5.92 Å². The van der Waals surface area contributed by atoms with Crippen LogP contribution in [0.1, 0.15) is 32.1 Å². The van der Waals surface area contributed by atoms with Crippen LogP contribution in [-0.4, -0.2) is 64.9 Å². The number of hydrogen-bond donors (Lipinski definition) is 4. The fourth-order valence-corrected chi connectivity index (χ4v) is 5.22. The Morgan fingerprint density at radius 3 is 2.68 bits per heavy atom. The van der Waals surface area contributed by atoms with E-state index in [0.717, 1.165) is 45.2 Å². The third-order valence-electron chi connectivity index (χ3n) is 6.86. The average molecular weight is 389 g/mol. The van der Waals surface area contributed by atoms with E-state index in [1.54, 1.807) is 7.11 Å². The van der Waals surface area contributed by atoms with Gasteiger partial charge >= 0.3 is 0 Å². The first-order chi connectivity index (χ1) is 13.7. The van der Waals surface area contributed by atoms with Gasteiger partial charge in [-0.2, -0.15) is 0 Å². The second-order valence-electron chi connectivity index (χ2n) is 8.48. The minimum Gasteiger partial charge on any atom is -0.381 e. The van der Waals surface area contributed by atoms with Gasteiger partial charge in [-0.1, -0.05) is 18.2 Å². The lowest BCUT2D eigenvalue weighted by atomic mass is 9.76. The Balaban J connectivity index is 1.50. The lowest BCUT2D eigenvalue weighted by molar-refractivity contribution is 0.0341. The van der Waals surface area contributed by atoms with Gasteiger partial charge in [0.25, 0.3) is 0 Å². The first-order valence-corrected chi connectivity index (χ1v) is 10.8. The van der Waals surface area contributed by atoms with Crippen LogP contribution in [-0.2, 0) is 9.47 Å². The predicted molar refractivity (Wildman–Crippen MR) is 112 cm³/mol. The van der Waals surface area contributed by atoms with Gasteiger partial charge < -0.3 is 20.1 Å². The fraction of sp³-hybridized carbons (Fsp3) is 0.727. The van der Waals surface area contributed by atoms with Gasteiger partial charge in [-0.3, -0.25) is 10.6 Å². The molecular weight excluding hydrogens is 352 g/mol. The van der Waals surface area contributed by atoms with Gasteiger partial charge in [-0.15, -0.1) is 0 Å². The predicted octanol–water partition coefficient (Wildman–Crippen LogP) is 1.43. The summed E-state index contributed by atoms with van der Waals surface area (Å²) in [7, 11) is 5.68. The Labute approximate surface area is 169 Å².